The van der Waals surface area contributed by atoms with Crippen LogP contribution in [0.5, 0.6) is 0 Å². The lowest BCUT2D eigenvalue weighted by Gasteiger charge is -2.20. The minimum absolute atomic E-state index is 0.0167. The van der Waals surface area contributed by atoms with E-state index < -0.39 is 0 Å². The molecular weight excluding hydrogens is 759 g/mol. The van der Waals surface area contributed by atoms with Crippen molar-refractivity contribution in [2.24, 2.45) is 4.99 Å². The molecule has 61 heavy (non-hydrogen) atoms. The molecule has 8 aromatic carbocycles. The van der Waals surface area contributed by atoms with Crippen molar-refractivity contribution in [2.75, 3.05) is 0 Å². The Hall–Kier alpha value is -6.81. The molecule has 296 valence electrons. The van der Waals surface area contributed by atoms with Crippen molar-refractivity contribution in [2.45, 2.75) is 46.1 Å². The van der Waals surface area contributed by atoms with Crippen LogP contribution in [0.2, 0.25) is 0 Å². The molecule has 10 aromatic rings. The van der Waals surface area contributed by atoms with Crippen LogP contribution >= 0.6 is 11.3 Å². The van der Waals surface area contributed by atoms with Gasteiger partial charge in [0.1, 0.15) is 11.2 Å². The van der Waals surface area contributed by atoms with Crippen molar-refractivity contribution < 1.29 is 4.42 Å². The highest BCUT2D eigenvalue weighted by atomic mass is 32.1. The van der Waals surface area contributed by atoms with Crippen LogP contribution in [0.25, 0.3) is 81.1 Å². The van der Waals surface area contributed by atoms with E-state index in [1.807, 2.05) is 11.3 Å². The average molecular weight is 806 g/mol. The first kappa shape index (κ1) is 38.4. The van der Waals surface area contributed by atoms with Gasteiger partial charge in [-0.3, -0.25) is 4.99 Å². The zero-order valence-electron chi connectivity index (χ0n) is 34.9. The highest BCUT2D eigenvalue weighted by Gasteiger charge is 2.22. The number of hydrogen-bond acceptors (Lipinski definition) is 3. The Morgan fingerprint density at radius 2 is 1.16 bits per heavy atom. The van der Waals surface area contributed by atoms with Crippen molar-refractivity contribution in [3.05, 3.63) is 210 Å². The Labute approximate surface area is 362 Å². The molecule has 0 aliphatic carbocycles. The third-order valence-electron chi connectivity index (χ3n) is 12.2. The molecule has 2 heterocycles. The third-order valence-corrected chi connectivity index (χ3v) is 13.3. The molecule has 0 radical (unpaired) electrons. The van der Waals surface area contributed by atoms with Crippen LogP contribution in [-0.4, -0.2) is 5.71 Å². The number of rotatable bonds is 11. The van der Waals surface area contributed by atoms with Gasteiger partial charge in [-0.05, 0) is 88.1 Å². The SMILES string of the molecule is CCCC(N=C(/C(CC)=C(\C)c1cccc2c1oc1c(-c3cc(-c4ccccc4)c4c(c3)sc3ccccc34)cccc12)c1ccccc1)c1ccc(-c2ccccc2)cc1. The minimum atomic E-state index is 0.0167. The van der Waals surface area contributed by atoms with Gasteiger partial charge in [-0.2, -0.15) is 0 Å². The highest BCUT2D eigenvalue weighted by molar-refractivity contribution is 7.26. The number of para-hydroxylation sites is 2. The van der Waals surface area contributed by atoms with Gasteiger partial charge >= 0.3 is 0 Å². The zero-order valence-corrected chi connectivity index (χ0v) is 35.7. The van der Waals surface area contributed by atoms with Crippen molar-refractivity contribution in [3.63, 3.8) is 0 Å². The maximum atomic E-state index is 7.15. The number of thiophene rings is 1. The quantitative estimate of drug-likeness (QED) is 0.120. The molecule has 0 aliphatic rings. The minimum Gasteiger partial charge on any atom is -0.455 e. The van der Waals surface area contributed by atoms with Crippen molar-refractivity contribution in [3.8, 4) is 33.4 Å². The normalized spacial score (nSPS) is 13.0. The largest absolute Gasteiger partial charge is 0.455 e. The van der Waals surface area contributed by atoms with E-state index in [0.29, 0.717) is 0 Å². The van der Waals surface area contributed by atoms with Gasteiger partial charge in [0.05, 0.1) is 11.8 Å². The van der Waals surface area contributed by atoms with Gasteiger partial charge in [-0.15, -0.1) is 11.3 Å². The average Bonchev–Trinajstić information content (AvgIpc) is 3.90. The molecule has 2 nitrogen and oxygen atoms in total. The molecule has 0 N–H and O–H groups in total. The number of benzene rings is 8. The molecule has 0 aliphatic heterocycles. The summed E-state index contributed by atoms with van der Waals surface area (Å²) >= 11 is 1.86. The second-order valence-electron chi connectivity index (χ2n) is 15.9. The van der Waals surface area contributed by atoms with E-state index >= 15 is 0 Å². The van der Waals surface area contributed by atoms with E-state index in [9.17, 15) is 0 Å². The smallest absolute Gasteiger partial charge is 0.143 e. The summed E-state index contributed by atoms with van der Waals surface area (Å²) in [4.78, 5) is 5.71. The first-order valence-corrected chi connectivity index (χ1v) is 22.4. The Morgan fingerprint density at radius 3 is 1.89 bits per heavy atom. The van der Waals surface area contributed by atoms with Gasteiger partial charge in [0.25, 0.3) is 0 Å². The molecule has 2 aromatic heterocycles. The maximum absolute atomic E-state index is 7.15. The molecule has 1 unspecified atom stereocenters. The van der Waals surface area contributed by atoms with Crippen LogP contribution in [0.4, 0.5) is 0 Å². The Kier molecular flexibility index (Phi) is 10.5. The molecule has 1 atom stereocenters. The van der Waals surface area contributed by atoms with Gasteiger partial charge in [-0.1, -0.05) is 190 Å². The molecule has 0 bridgehead atoms. The number of nitrogens with zero attached hydrogens (tertiary/aromatic N) is 1. The Balaban J connectivity index is 1.12. The fourth-order valence-corrected chi connectivity index (χ4v) is 10.3. The van der Waals surface area contributed by atoms with E-state index in [2.05, 4.69) is 209 Å². The fraction of sp³-hybridized carbons (Fsp3) is 0.121. The number of aliphatic imine (C=N–C) groups is 1. The highest BCUT2D eigenvalue weighted by Crippen LogP contribution is 2.45. The molecule has 0 spiro atoms. The summed E-state index contributed by atoms with van der Waals surface area (Å²) in [5.74, 6) is 0. The summed E-state index contributed by atoms with van der Waals surface area (Å²) < 4.78 is 9.73. The van der Waals surface area contributed by atoms with Gasteiger partial charge in [0, 0.05) is 42.1 Å². The number of allylic oxidation sites excluding steroid dienone is 2. The van der Waals surface area contributed by atoms with E-state index in [1.165, 1.54) is 59.1 Å². The van der Waals surface area contributed by atoms with E-state index in [4.69, 9.17) is 9.41 Å². The summed E-state index contributed by atoms with van der Waals surface area (Å²) in [7, 11) is 0. The van der Waals surface area contributed by atoms with Crippen LogP contribution in [0, 0.1) is 0 Å². The van der Waals surface area contributed by atoms with E-state index in [1.54, 1.807) is 0 Å². The van der Waals surface area contributed by atoms with Gasteiger partial charge in [0.15, 0.2) is 0 Å². The van der Waals surface area contributed by atoms with Crippen LogP contribution in [0.15, 0.2) is 203 Å². The Morgan fingerprint density at radius 1 is 0.541 bits per heavy atom. The molecular formula is C58H47NOS. The van der Waals surface area contributed by atoms with Crippen molar-refractivity contribution in [1.82, 2.24) is 0 Å². The lowest BCUT2D eigenvalue weighted by atomic mass is 9.90. The summed E-state index contributed by atoms with van der Waals surface area (Å²) in [5, 5.41) is 4.85. The lowest BCUT2D eigenvalue weighted by Crippen LogP contribution is -2.10. The van der Waals surface area contributed by atoms with Crippen LogP contribution in [0.1, 0.15) is 62.8 Å². The van der Waals surface area contributed by atoms with Gasteiger partial charge < -0.3 is 4.42 Å². The first-order chi connectivity index (χ1) is 30.1. The topological polar surface area (TPSA) is 25.5 Å². The second-order valence-corrected chi connectivity index (χ2v) is 17.0. The lowest BCUT2D eigenvalue weighted by molar-refractivity contribution is 0.641. The summed E-state index contributed by atoms with van der Waals surface area (Å²) in [6.45, 7) is 6.77. The number of fused-ring (bicyclic) bond motifs is 6. The number of hydrogen-bond donors (Lipinski definition) is 0. The second kappa shape index (κ2) is 16.7. The molecule has 3 heteroatoms. The van der Waals surface area contributed by atoms with Gasteiger partial charge in [0.2, 0.25) is 0 Å². The summed E-state index contributed by atoms with van der Waals surface area (Å²) in [6, 6.07) is 67.9. The predicted molar refractivity (Wildman–Crippen MR) is 263 cm³/mol. The van der Waals surface area contributed by atoms with Crippen molar-refractivity contribution in [1.29, 1.82) is 0 Å². The zero-order chi connectivity index (χ0) is 41.3. The Bertz CT molecular complexity index is 3220. The molecule has 0 saturated carbocycles. The molecule has 0 amide bonds. The van der Waals surface area contributed by atoms with Crippen LogP contribution in [0.3, 0.4) is 0 Å². The van der Waals surface area contributed by atoms with E-state index in [-0.39, 0.29) is 6.04 Å². The summed E-state index contributed by atoms with van der Waals surface area (Å²) in [6.07, 6.45) is 2.81. The number of furan rings is 1. The third kappa shape index (κ3) is 7.19. The van der Waals surface area contributed by atoms with E-state index in [0.717, 1.165) is 69.2 Å². The maximum Gasteiger partial charge on any atom is 0.143 e. The molecule has 0 fully saturated rings. The fourth-order valence-electron chi connectivity index (χ4n) is 9.16. The predicted octanol–water partition coefficient (Wildman–Crippen LogP) is 17.2. The standard InChI is InChI=1S/C58H47NOS/c1-4-19-52(42-34-32-40(33-35-42)39-20-9-6-10-21-39)59-56(43-24-13-8-14-25-43)45(5-2)38(3)46-27-17-29-48-49-30-18-28-47(58(49)60-57(46)48)44-36-51(41-22-11-7-12-23-41)55-50-26-15-16-31-53(50)61-54(55)37-44/h6-18,20-37,52H,4-5,19H2,1-3H3/b45-38+,59-56?. The van der Waals surface area contributed by atoms with Crippen LogP contribution < -0.4 is 0 Å². The first-order valence-electron chi connectivity index (χ1n) is 21.5. The summed E-state index contributed by atoms with van der Waals surface area (Å²) in [5.41, 5.74) is 15.9. The molecule has 0 saturated heterocycles. The van der Waals surface area contributed by atoms with Crippen molar-refractivity contribution >= 4 is 64.7 Å². The monoisotopic (exact) mass is 805 g/mol. The van der Waals surface area contributed by atoms with Crippen LogP contribution in [-0.2, 0) is 0 Å². The molecule has 10 rings (SSSR count). The van der Waals surface area contributed by atoms with Gasteiger partial charge in [-0.25, -0.2) is 0 Å².